The van der Waals surface area contributed by atoms with Crippen LogP contribution in [0.3, 0.4) is 0 Å². The van der Waals surface area contributed by atoms with E-state index in [1.807, 2.05) is 7.05 Å². The van der Waals surface area contributed by atoms with E-state index in [-0.39, 0.29) is 0 Å². The molecular weight excluding hydrogens is 196 g/mol. The molecule has 0 saturated carbocycles. The van der Waals surface area contributed by atoms with E-state index < -0.39 is 12.0 Å². The zero-order valence-electron chi connectivity index (χ0n) is 9.40. The molecule has 2 N–H and O–H groups in total. The number of nitrogens with zero attached hydrogens (tertiary/aromatic N) is 1. The first kappa shape index (κ1) is 12.4. The number of hydrogen-bond acceptors (Lipinski definition) is 4. The highest BCUT2D eigenvalue weighted by molar-refractivity contribution is 5.73. The van der Waals surface area contributed by atoms with Gasteiger partial charge in [-0.2, -0.15) is 0 Å². The summed E-state index contributed by atoms with van der Waals surface area (Å²) in [5.41, 5.74) is 0. The predicted molar refractivity (Wildman–Crippen MR) is 57.0 cm³/mol. The molecule has 0 amide bonds. The van der Waals surface area contributed by atoms with Gasteiger partial charge in [0.15, 0.2) is 0 Å². The van der Waals surface area contributed by atoms with Crippen molar-refractivity contribution in [3.8, 4) is 0 Å². The Morgan fingerprint density at radius 2 is 2.20 bits per heavy atom. The third-order valence-corrected chi connectivity index (χ3v) is 2.93. The van der Waals surface area contributed by atoms with Gasteiger partial charge in [0.05, 0.1) is 0 Å². The first-order chi connectivity index (χ1) is 7.15. The zero-order valence-corrected chi connectivity index (χ0v) is 9.40. The molecule has 1 unspecified atom stereocenters. The number of likely N-dealkylation sites (N-methyl/N-ethyl adjacent to an activating group) is 2. The van der Waals surface area contributed by atoms with Gasteiger partial charge in [0.2, 0.25) is 0 Å². The van der Waals surface area contributed by atoms with Crippen LogP contribution in [0.15, 0.2) is 0 Å². The normalized spacial score (nSPS) is 20.5. The van der Waals surface area contributed by atoms with E-state index in [0.717, 1.165) is 26.1 Å². The summed E-state index contributed by atoms with van der Waals surface area (Å²) in [7, 11) is 3.65. The zero-order chi connectivity index (χ0) is 11.3. The number of ether oxygens (including phenoxy) is 1. The lowest BCUT2D eigenvalue weighted by Gasteiger charge is -2.32. The number of carbonyl (C=O) groups is 1. The summed E-state index contributed by atoms with van der Waals surface area (Å²) < 4.78 is 5.27. The second kappa shape index (κ2) is 6.05. The minimum Gasteiger partial charge on any atom is -0.480 e. The van der Waals surface area contributed by atoms with Crippen molar-refractivity contribution < 1.29 is 14.6 Å². The van der Waals surface area contributed by atoms with Crippen molar-refractivity contribution in [2.24, 2.45) is 0 Å². The summed E-state index contributed by atoms with van der Waals surface area (Å²) >= 11 is 0. The van der Waals surface area contributed by atoms with Crippen molar-refractivity contribution >= 4 is 5.97 Å². The van der Waals surface area contributed by atoms with Gasteiger partial charge in [-0.15, -0.1) is 0 Å². The molecule has 1 aliphatic heterocycles. The molecule has 88 valence electrons. The Hall–Kier alpha value is -0.650. The van der Waals surface area contributed by atoms with Crippen molar-refractivity contribution in [1.29, 1.82) is 0 Å². The molecule has 15 heavy (non-hydrogen) atoms. The van der Waals surface area contributed by atoms with Crippen LogP contribution in [0.1, 0.15) is 12.8 Å². The highest BCUT2D eigenvalue weighted by atomic mass is 16.5. The summed E-state index contributed by atoms with van der Waals surface area (Å²) in [6, 6.07) is -0.0354. The molecule has 1 saturated heterocycles. The van der Waals surface area contributed by atoms with E-state index in [9.17, 15) is 4.79 Å². The molecule has 0 aliphatic carbocycles. The highest BCUT2D eigenvalue weighted by Crippen LogP contribution is 2.12. The molecule has 1 aliphatic rings. The SMILES string of the molecule is CNC(CN(C)C1CCOCC1)C(=O)O. The van der Waals surface area contributed by atoms with Crippen LogP contribution in [0.4, 0.5) is 0 Å². The van der Waals surface area contributed by atoms with Crippen LogP contribution in [0, 0.1) is 0 Å². The van der Waals surface area contributed by atoms with Gasteiger partial charge < -0.3 is 20.1 Å². The van der Waals surface area contributed by atoms with Crippen LogP contribution in [0.5, 0.6) is 0 Å². The van der Waals surface area contributed by atoms with E-state index >= 15 is 0 Å². The lowest BCUT2D eigenvalue weighted by molar-refractivity contribution is -0.140. The number of carboxylic acid groups (broad SMARTS) is 1. The number of carboxylic acids is 1. The fraction of sp³-hybridized carbons (Fsp3) is 0.900. The van der Waals surface area contributed by atoms with Gasteiger partial charge in [0.25, 0.3) is 0 Å². The summed E-state index contributed by atoms with van der Waals surface area (Å²) in [4.78, 5) is 12.9. The molecule has 5 nitrogen and oxygen atoms in total. The Balaban J connectivity index is 2.38. The highest BCUT2D eigenvalue weighted by Gasteiger charge is 2.23. The van der Waals surface area contributed by atoms with Gasteiger partial charge in [-0.1, -0.05) is 0 Å². The predicted octanol–water partition coefficient (Wildman–Crippen LogP) is -0.230. The summed E-state index contributed by atoms with van der Waals surface area (Å²) in [6.07, 6.45) is 1.99. The molecule has 1 rings (SSSR count). The first-order valence-corrected chi connectivity index (χ1v) is 5.33. The Bertz CT molecular complexity index is 205. The molecule has 0 aromatic rings. The maximum Gasteiger partial charge on any atom is 0.322 e. The van der Waals surface area contributed by atoms with Crippen LogP contribution in [0.2, 0.25) is 0 Å². The fourth-order valence-electron chi connectivity index (χ4n) is 1.86. The van der Waals surface area contributed by atoms with Crippen molar-refractivity contribution in [3.63, 3.8) is 0 Å². The van der Waals surface area contributed by atoms with Gasteiger partial charge in [-0.3, -0.25) is 4.79 Å². The second-order valence-electron chi connectivity index (χ2n) is 3.96. The molecule has 1 heterocycles. The monoisotopic (exact) mass is 216 g/mol. The Morgan fingerprint density at radius 1 is 1.60 bits per heavy atom. The summed E-state index contributed by atoms with van der Waals surface area (Å²) in [5, 5.41) is 11.7. The quantitative estimate of drug-likeness (QED) is 0.664. The summed E-state index contributed by atoms with van der Waals surface area (Å²) in [6.45, 7) is 2.11. The minimum absolute atomic E-state index is 0.453. The molecule has 0 aromatic heterocycles. The standard InChI is InChI=1S/C10H20N2O3/c1-11-9(10(13)14)7-12(2)8-3-5-15-6-4-8/h8-9,11H,3-7H2,1-2H3,(H,13,14). The van der Waals surface area contributed by atoms with Gasteiger partial charge in [0, 0.05) is 25.8 Å². The van der Waals surface area contributed by atoms with Crippen LogP contribution in [-0.4, -0.2) is 61.9 Å². The topological polar surface area (TPSA) is 61.8 Å². The number of rotatable bonds is 5. The molecule has 0 radical (unpaired) electrons. The smallest absolute Gasteiger partial charge is 0.322 e. The molecule has 0 bridgehead atoms. The van der Waals surface area contributed by atoms with Gasteiger partial charge in [-0.05, 0) is 26.9 Å². The number of nitrogens with one attached hydrogen (secondary N) is 1. The first-order valence-electron chi connectivity index (χ1n) is 5.33. The number of hydrogen-bond donors (Lipinski definition) is 2. The average molecular weight is 216 g/mol. The van der Waals surface area contributed by atoms with Gasteiger partial charge in [-0.25, -0.2) is 0 Å². The van der Waals surface area contributed by atoms with Crippen LogP contribution < -0.4 is 5.32 Å². The number of aliphatic carboxylic acids is 1. The van der Waals surface area contributed by atoms with Gasteiger partial charge >= 0.3 is 5.97 Å². The van der Waals surface area contributed by atoms with E-state index in [2.05, 4.69) is 10.2 Å². The molecule has 5 heteroatoms. The largest absolute Gasteiger partial charge is 0.480 e. The molecule has 0 spiro atoms. The van der Waals surface area contributed by atoms with Crippen LogP contribution in [0.25, 0.3) is 0 Å². The second-order valence-corrected chi connectivity index (χ2v) is 3.96. The van der Waals surface area contributed by atoms with Crippen LogP contribution in [-0.2, 0) is 9.53 Å². The van der Waals surface area contributed by atoms with Crippen LogP contribution >= 0.6 is 0 Å². The third-order valence-electron chi connectivity index (χ3n) is 2.93. The average Bonchev–Trinajstić information content (AvgIpc) is 2.26. The minimum atomic E-state index is -0.795. The van der Waals surface area contributed by atoms with Crippen molar-refractivity contribution in [1.82, 2.24) is 10.2 Å². The molecular formula is C10H20N2O3. The Morgan fingerprint density at radius 3 is 2.67 bits per heavy atom. The lowest BCUT2D eigenvalue weighted by atomic mass is 10.1. The van der Waals surface area contributed by atoms with E-state index in [1.54, 1.807) is 7.05 Å². The maximum absolute atomic E-state index is 10.8. The van der Waals surface area contributed by atoms with Gasteiger partial charge in [0.1, 0.15) is 6.04 Å². The fourth-order valence-corrected chi connectivity index (χ4v) is 1.86. The lowest BCUT2D eigenvalue weighted by Crippen LogP contribution is -2.47. The van der Waals surface area contributed by atoms with E-state index in [0.29, 0.717) is 12.6 Å². The summed E-state index contributed by atoms with van der Waals surface area (Å²) in [5.74, 6) is -0.795. The Labute approximate surface area is 90.4 Å². The maximum atomic E-state index is 10.8. The van der Waals surface area contributed by atoms with E-state index in [4.69, 9.17) is 9.84 Å². The molecule has 1 atom stereocenters. The Kier molecular flexibility index (Phi) is 5.01. The van der Waals surface area contributed by atoms with Crippen molar-refractivity contribution in [2.75, 3.05) is 33.9 Å². The van der Waals surface area contributed by atoms with Crippen molar-refractivity contribution in [3.05, 3.63) is 0 Å². The molecule has 0 aromatic carbocycles. The third kappa shape index (κ3) is 3.77. The van der Waals surface area contributed by atoms with E-state index in [1.165, 1.54) is 0 Å². The van der Waals surface area contributed by atoms with Crippen molar-refractivity contribution in [2.45, 2.75) is 24.9 Å². The molecule has 1 fully saturated rings.